The van der Waals surface area contributed by atoms with Crippen molar-refractivity contribution in [1.82, 2.24) is 20.4 Å². The van der Waals surface area contributed by atoms with Crippen molar-refractivity contribution < 1.29 is 54.1 Å². The number of likely N-dealkylation sites (tertiary alicyclic amines) is 1. The van der Waals surface area contributed by atoms with Crippen LogP contribution in [0.1, 0.15) is 90.2 Å². The Balaban J connectivity index is 0.994. The maximum Gasteiger partial charge on any atom is 0.408 e. The van der Waals surface area contributed by atoms with Crippen LogP contribution in [0.15, 0.2) is 24.3 Å². The summed E-state index contributed by atoms with van der Waals surface area (Å²) in [5.41, 5.74) is -0.0536. The molecule has 5 saturated carbocycles. The standard InChI is InChI=1S/C42H63N5O11/c1-5-46(22-32(49)34(51)35(52)33(50)23-48)21-26-8-6-25(7-9-26)20-44-38(54)56-10-11-57-42-17-27-12-28(18-42)16-41(15-27,24-42)36(45-39(55)58-40(2,3)4)37(53)47-30(19-43)13-29-14-31(29)47/h6-9,27-36,48-52H,5,10-18,20-24H2,1-4H3,(H,44,54)(H,45,55)/t27-,28?,29+,30-,31-,32-,33+,34+,35+,36+,41?,42?/m0/s1. The molecule has 1 heterocycles. The van der Waals surface area contributed by atoms with Crippen LogP contribution in [0.25, 0.3) is 0 Å². The summed E-state index contributed by atoms with van der Waals surface area (Å²) in [6.07, 6.45) is -1.02. The lowest BCUT2D eigenvalue weighted by molar-refractivity contribution is -0.205. The summed E-state index contributed by atoms with van der Waals surface area (Å²) in [6.45, 7) is 7.98. The number of aliphatic hydroxyl groups excluding tert-OH is 5. The highest BCUT2D eigenvalue weighted by molar-refractivity contribution is 5.88. The van der Waals surface area contributed by atoms with E-state index >= 15 is 0 Å². The van der Waals surface area contributed by atoms with E-state index < -0.39 is 71.9 Å². The topological polar surface area (TPSA) is 234 Å². The van der Waals surface area contributed by atoms with Crippen LogP contribution < -0.4 is 10.6 Å². The van der Waals surface area contributed by atoms with E-state index in [9.17, 15) is 40.1 Å². The lowest BCUT2D eigenvalue weighted by Crippen LogP contribution is -2.67. The van der Waals surface area contributed by atoms with Gasteiger partial charge in [0, 0.05) is 31.1 Å². The van der Waals surface area contributed by atoms with Crippen LogP contribution in [-0.2, 0) is 32.1 Å². The molecule has 58 heavy (non-hydrogen) atoms. The summed E-state index contributed by atoms with van der Waals surface area (Å²) >= 11 is 0. The molecule has 322 valence electrons. The van der Waals surface area contributed by atoms with E-state index in [2.05, 4.69) is 16.7 Å². The average Bonchev–Trinajstić information content (AvgIpc) is 3.84. The molecule has 5 aliphatic carbocycles. The molecular formula is C42H63N5O11. The van der Waals surface area contributed by atoms with Gasteiger partial charge in [-0.2, -0.15) is 5.26 Å². The lowest BCUT2D eigenvalue weighted by atomic mass is 9.46. The minimum atomic E-state index is -1.68. The van der Waals surface area contributed by atoms with Gasteiger partial charge in [-0.05, 0) is 108 Å². The number of hydrogen-bond donors (Lipinski definition) is 7. The molecule has 16 nitrogen and oxygen atoms in total. The first kappa shape index (κ1) is 44.0. The lowest BCUT2D eigenvalue weighted by Gasteiger charge is -2.63. The zero-order valence-corrected chi connectivity index (χ0v) is 34.2. The van der Waals surface area contributed by atoms with Gasteiger partial charge < -0.3 is 55.3 Å². The predicted octanol–water partition coefficient (Wildman–Crippen LogP) is 1.93. The van der Waals surface area contributed by atoms with Gasteiger partial charge in [0.2, 0.25) is 5.91 Å². The summed E-state index contributed by atoms with van der Waals surface area (Å²) < 4.78 is 17.8. The van der Waals surface area contributed by atoms with Crippen molar-refractivity contribution in [2.75, 3.05) is 32.9 Å². The van der Waals surface area contributed by atoms with Gasteiger partial charge in [0.1, 0.15) is 42.6 Å². The fraction of sp³-hybridized carbons (Fsp3) is 0.762. The molecule has 3 unspecified atom stereocenters. The van der Waals surface area contributed by atoms with Crippen molar-refractivity contribution in [1.29, 1.82) is 5.26 Å². The van der Waals surface area contributed by atoms with Crippen molar-refractivity contribution in [3.05, 3.63) is 35.4 Å². The number of nitriles is 1. The maximum absolute atomic E-state index is 14.5. The third kappa shape index (κ3) is 10.2. The average molecular weight is 814 g/mol. The summed E-state index contributed by atoms with van der Waals surface area (Å²) in [5, 5.41) is 64.8. The molecular weight excluding hydrogens is 750 g/mol. The van der Waals surface area contributed by atoms with Crippen LogP contribution >= 0.6 is 0 Å². The highest BCUT2D eigenvalue weighted by Crippen LogP contribution is 2.64. The van der Waals surface area contributed by atoms with Gasteiger partial charge >= 0.3 is 12.2 Å². The summed E-state index contributed by atoms with van der Waals surface area (Å²) in [7, 11) is 0. The first-order valence-corrected chi connectivity index (χ1v) is 20.9. The molecule has 0 radical (unpaired) electrons. The first-order valence-electron chi connectivity index (χ1n) is 20.9. The minimum absolute atomic E-state index is 0.0313. The number of fused-ring (bicyclic) bond motifs is 1. The number of carbonyl (C=O) groups is 3. The highest BCUT2D eigenvalue weighted by Gasteiger charge is 2.64. The monoisotopic (exact) mass is 813 g/mol. The molecule has 12 atom stereocenters. The number of likely N-dealkylation sites (N-methyl/N-ethyl adjacent to an activating group) is 1. The van der Waals surface area contributed by atoms with Crippen molar-refractivity contribution >= 4 is 18.1 Å². The molecule has 1 aliphatic heterocycles. The summed E-state index contributed by atoms with van der Waals surface area (Å²) in [5.74, 6) is 0.795. The van der Waals surface area contributed by atoms with Crippen LogP contribution in [-0.4, -0.2) is 140 Å². The molecule has 3 amide bonds. The van der Waals surface area contributed by atoms with E-state index in [1.807, 2.05) is 36.1 Å². The first-order chi connectivity index (χ1) is 27.5. The number of rotatable bonds is 18. The zero-order valence-electron chi connectivity index (χ0n) is 34.2. The second-order valence-electron chi connectivity index (χ2n) is 18.6. The summed E-state index contributed by atoms with van der Waals surface area (Å²) in [4.78, 5) is 44.1. The minimum Gasteiger partial charge on any atom is -0.447 e. The molecule has 1 saturated heterocycles. The van der Waals surface area contributed by atoms with E-state index in [0.29, 0.717) is 43.7 Å². The number of aliphatic hydroxyl groups is 5. The number of nitrogens with zero attached hydrogens (tertiary/aromatic N) is 3. The quantitative estimate of drug-likeness (QED) is 0.105. The number of carbonyl (C=O) groups excluding carboxylic acids is 3. The van der Waals surface area contributed by atoms with Gasteiger partial charge in [-0.3, -0.25) is 9.69 Å². The molecule has 6 aliphatic rings. The number of nitrogens with one attached hydrogen (secondary N) is 2. The highest BCUT2D eigenvalue weighted by atomic mass is 16.6. The van der Waals surface area contributed by atoms with E-state index in [1.165, 1.54) is 0 Å². The van der Waals surface area contributed by atoms with Crippen LogP contribution in [0.4, 0.5) is 9.59 Å². The zero-order chi connectivity index (χ0) is 42.0. The normalized spacial score (nSPS) is 30.8. The fourth-order valence-corrected chi connectivity index (χ4v) is 10.6. The SMILES string of the molecule is CCN(Cc1ccc(CNC(=O)OCCOC23CC4C[C@H](C2)CC([C@H](NC(=O)OC(C)(C)C)C(=O)N2[C@H](C#N)C[C@@H]5C[C@@H]52)(C4)C3)cc1)C[C@H](O)[C@@H](O)[C@H](O)[C@H](O)CO. The van der Waals surface area contributed by atoms with Crippen LogP contribution in [0.2, 0.25) is 0 Å². The Bertz CT molecular complexity index is 1630. The number of benzene rings is 1. The fourth-order valence-electron chi connectivity index (χ4n) is 10.6. The largest absolute Gasteiger partial charge is 0.447 e. The molecule has 7 N–H and O–H groups in total. The second kappa shape index (κ2) is 18.0. The van der Waals surface area contributed by atoms with E-state index in [1.54, 1.807) is 25.7 Å². The molecule has 1 aromatic rings. The van der Waals surface area contributed by atoms with Crippen molar-refractivity contribution in [2.24, 2.45) is 23.2 Å². The number of amides is 3. The van der Waals surface area contributed by atoms with E-state index in [4.69, 9.17) is 19.3 Å². The van der Waals surface area contributed by atoms with Gasteiger partial charge in [0.25, 0.3) is 0 Å². The van der Waals surface area contributed by atoms with Gasteiger partial charge in [-0.15, -0.1) is 0 Å². The molecule has 1 aromatic carbocycles. The Morgan fingerprint density at radius 3 is 2.22 bits per heavy atom. The Morgan fingerprint density at radius 1 is 0.948 bits per heavy atom. The van der Waals surface area contributed by atoms with Crippen molar-refractivity contribution in [3.8, 4) is 6.07 Å². The van der Waals surface area contributed by atoms with Crippen LogP contribution in [0.3, 0.4) is 0 Å². The van der Waals surface area contributed by atoms with Crippen molar-refractivity contribution in [2.45, 2.75) is 146 Å². The molecule has 16 heteroatoms. The van der Waals surface area contributed by atoms with Crippen LogP contribution in [0.5, 0.6) is 0 Å². The molecule has 4 bridgehead atoms. The molecule has 6 fully saturated rings. The summed E-state index contributed by atoms with van der Waals surface area (Å²) in [6, 6.07) is 8.55. The van der Waals surface area contributed by atoms with E-state index in [0.717, 1.165) is 49.7 Å². The van der Waals surface area contributed by atoms with Gasteiger partial charge in [0.05, 0.1) is 31.0 Å². The van der Waals surface area contributed by atoms with Gasteiger partial charge in [0.15, 0.2) is 0 Å². The Morgan fingerprint density at radius 2 is 1.60 bits per heavy atom. The van der Waals surface area contributed by atoms with Gasteiger partial charge in [-0.1, -0.05) is 31.2 Å². The number of piperidine rings is 1. The Kier molecular flexibility index (Phi) is 13.6. The van der Waals surface area contributed by atoms with Crippen molar-refractivity contribution in [3.63, 3.8) is 0 Å². The maximum atomic E-state index is 14.5. The van der Waals surface area contributed by atoms with Crippen LogP contribution in [0, 0.1) is 34.5 Å². The number of ether oxygens (including phenoxy) is 3. The smallest absolute Gasteiger partial charge is 0.408 e. The second-order valence-corrected chi connectivity index (χ2v) is 18.6. The third-order valence-corrected chi connectivity index (χ3v) is 12.9. The number of alkyl carbamates (subject to hydrolysis) is 2. The van der Waals surface area contributed by atoms with E-state index in [-0.39, 0.29) is 38.3 Å². The number of hydrogen-bond acceptors (Lipinski definition) is 13. The molecule has 0 aromatic heterocycles. The molecule has 0 spiro atoms. The third-order valence-electron chi connectivity index (χ3n) is 12.9. The predicted molar refractivity (Wildman–Crippen MR) is 208 cm³/mol. The Hall–Kier alpha value is -3.56. The van der Waals surface area contributed by atoms with Gasteiger partial charge in [-0.25, -0.2) is 9.59 Å². The molecule has 7 rings (SSSR count). The Labute approximate surface area is 340 Å².